The van der Waals surface area contributed by atoms with Gasteiger partial charge in [0.25, 0.3) is 0 Å². The van der Waals surface area contributed by atoms with Gasteiger partial charge in [-0.2, -0.15) is 0 Å². The largest absolute Gasteiger partial charge is 0.481 e. The Labute approximate surface area is 112 Å². The maximum atomic E-state index is 13.3. The highest BCUT2D eigenvalue weighted by Gasteiger charge is 2.01. The number of carboxylic acid groups (broad SMARTS) is 1. The first-order valence-corrected chi connectivity index (χ1v) is 5.91. The van der Waals surface area contributed by atoms with Crippen LogP contribution < -0.4 is 5.32 Å². The second kappa shape index (κ2) is 6.90. The zero-order valence-electron chi connectivity index (χ0n) is 9.32. The zero-order chi connectivity index (χ0) is 13.5. The Hall–Kier alpha value is -1.69. The summed E-state index contributed by atoms with van der Waals surface area (Å²) in [5.41, 5.74) is 0.276. The zero-order valence-corrected chi connectivity index (χ0v) is 10.9. The van der Waals surface area contributed by atoms with Gasteiger partial charge in [0.1, 0.15) is 5.82 Å². The number of carbonyl (C=O) groups is 2. The highest BCUT2D eigenvalue weighted by atomic mass is 79.9. The molecular formula is C12H11BrFNO3. The second-order valence-corrected chi connectivity index (χ2v) is 4.35. The summed E-state index contributed by atoms with van der Waals surface area (Å²) in [5.74, 6) is -1.89. The molecule has 6 heteroatoms. The number of nitrogens with one attached hydrogen (secondary N) is 1. The summed E-state index contributed by atoms with van der Waals surface area (Å²) in [7, 11) is 0. The molecule has 0 aliphatic heterocycles. The predicted molar refractivity (Wildman–Crippen MR) is 68.4 cm³/mol. The van der Waals surface area contributed by atoms with Gasteiger partial charge in [0.05, 0.1) is 6.42 Å². The van der Waals surface area contributed by atoms with E-state index in [9.17, 15) is 14.0 Å². The Morgan fingerprint density at radius 3 is 2.83 bits per heavy atom. The van der Waals surface area contributed by atoms with Crippen molar-refractivity contribution < 1.29 is 19.1 Å². The molecule has 1 aromatic rings. The van der Waals surface area contributed by atoms with E-state index in [1.54, 1.807) is 6.07 Å². The van der Waals surface area contributed by atoms with Crippen molar-refractivity contribution in [1.82, 2.24) is 5.32 Å². The molecule has 0 saturated heterocycles. The lowest BCUT2D eigenvalue weighted by atomic mass is 10.2. The summed E-state index contributed by atoms with van der Waals surface area (Å²) in [5, 5.41) is 10.8. The molecule has 0 aliphatic carbocycles. The summed E-state index contributed by atoms with van der Waals surface area (Å²) >= 11 is 3.19. The fourth-order valence-corrected chi connectivity index (χ4v) is 1.54. The first-order valence-electron chi connectivity index (χ1n) is 5.12. The number of hydrogen-bond acceptors (Lipinski definition) is 2. The molecule has 0 spiro atoms. The van der Waals surface area contributed by atoms with Crippen LogP contribution in [0, 0.1) is 5.82 Å². The van der Waals surface area contributed by atoms with Gasteiger partial charge in [0, 0.05) is 22.7 Å². The molecule has 18 heavy (non-hydrogen) atoms. The van der Waals surface area contributed by atoms with Crippen molar-refractivity contribution in [3.63, 3.8) is 0 Å². The third-order valence-corrected chi connectivity index (χ3v) is 2.50. The van der Waals surface area contributed by atoms with Gasteiger partial charge in [-0.1, -0.05) is 15.9 Å². The number of rotatable bonds is 5. The van der Waals surface area contributed by atoms with Crippen molar-refractivity contribution in [3.8, 4) is 0 Å². The van der Waals surface area contributed by atoms with Gasteiger partial charge in [0.15, 0.2) is 0 Å². The number of benzene rings is 1. The highest BCUT2D eigenvalue weighted by Crippen LogP contribution is 2.16. The minimum atomic E-state index is -0.989. The average Bonchev–Trinajstić information content (AvgIpc) is 2.30. The summed E-state index contributed by atoms with van der Waals surface area (Å²) in [6, 6.07) is 4.38. The van der Waals surface area contributed by atoms with E-state index in [1.807, 2.05) is 0 Å². The smallest absolute Gasteiger partial charge is 0.305 e. The van der Waals surface area contributed by atoms with Crippen LogP contribution in [0.5, 0.6) is 0 Å². The van der Waals surface area contributed by atoms with Crippen molar-refractivity contribution in [2.45, 2.75) is 6.42 Å². The van der Waals surface area contributed by atoms with Crippen LogP contribution in [0.1, 0.15) is 12.0 Å². The molecule has 96 valence electrons. The molecule has 0 radical (unpaired) electrons. The topological polar surface area (TPSA) is 66.4 Å². The molecule has 1 aromatic carbocycles. The van der Waals surface area contributed by atoms with Crippen LogP contribution in [0.2, 0.25) is 0 Å². The summed E-state index contributed by atoms with van der Waals surface area (Å²) < 4.78 is 14.0. The van der Waals surface area contributed by atoms with Crippen LogP contribution in [-0.4, -0.2) is 23.5 Å². The lowest BCUT2D eigenvalue weighted by molar-refractivity contribution is -0.136. The molecule has 0 unspecified atom stereocenters. The SMILES string of the molecule is O=C(O)CCNC(=O)/C=C/c1cc(Br)ccc1F. The molecule has 4 nitrogen and oxygen atoms in total. The molecule has 1 rings (SSSR count). The third-order valence-electron chi connectivity index (χ3n) is 2.01. The van der Waals surface area contributed by atoms with Crippen LogP contribution >= 0.6 is 15.9 Å². The van der Waals surface area contributed by atoms with Crippen molar-refractivity contribution in [3.05, 3.63) is 40.1 Å². The minimum absolute atomic E-state index is 0.0411. The summed E-state index contributed by atoms with van der Waals surface area (Å²) in [6.07, 6.45) is 2.34. The van der Waals surface area contributed by atoms with Crippen molar-refractivity contribution in [1.29, 1.82) is 0 Å². The van der Waals surface area contributed by atoms with Gasteiger partial charge in [-0.25, -0.2) is 4.39 Å². The number of aliphatic carboxylic acids is 1. The van der Waals surface area contributed by atoms with E-state index in [1.165, 1.54) is 18.2 Å². The van der Waals surface area contributed by atoms with E-state index < -0.39 is 17.7 Å². The first-order chi connectivity index (χ1) is 8.49. The molecule has 0 heterocycles. The van der Waals surface area contributed by atoms with Gasteiger partial charge in [-0.05, 0) is 24.3 Å². The molecule has 0 saturated carbocycles. The number of carbonyl (C=O) groups excluding carboxylic acids is 1. The van der Waals surface area contributed by atoms with E-state index in [-0.39, 0.29) is 18.5 Å². The van der Waals surface area contributed by atoms with Crippen LogP contribution in [0.15, 0.2) is 28.7 Å². The first kappa shape index (κ1) is 14.4. The Kier molecular flexibility index (Phi) is 5.51. The molecular weight excluding hydrogens is 305 g/mol. The van der Waals surface area contributed by atoms with Gasteiger partial charge in [0.2, 0.25) is 5.91 Å². The maximum Gasteiger partial charge on any atom is 0.305 e. The van der Waals surface area contributed by atoms with Gasteiger partial charge in [-0.15, -0.1) is 0 Å². The number of amides is 1. The predicted octanol–water partition coefficient (Wildman–Crippen LogP) is 2.19. The Bertz CT molecular complexity index is 488. The van der Waals surface area contributed by atoms with Gasteiger partial charge < -0.3 is 10.4 Å². The minimum Gasteiger partial charge on any atom is -0.481 e. The molecule has 1 amide bonds. The lowest BCUT2D eigenvalue weighted by Crippen LogP contribution is -2.23. The van der Waals surface area contributed by atoms with E-state index in [4.69, 9.17) is 5.11 Å². The van der Waals surface area contributed by atoms with E-state index in [2.05, 4.69) is 21.2 Å². The van der Waals surface area contributed by atoms with Gasteiger partial charge >= 0.3 is 5.97 Å². The van der Waals surface area contributed by atoms with E-state index in [0.717, 1.165) is 6.08 Å². The van der Waals surface area contributed by atoms with Crippen LogP contribution in [0.25, 0.3) is 6.08 Å². The number of hydrogen-bond donors (Lipinski definition) is 2. The fraction of sp³-hybridized carbons (Fsp3) is 0.167. The van der Waals surface area contributed by atoms with Crippen LogP contribution in [0.4, 0.5) is 4.39 Å². The third kappa shape index (κ3) is 5.09. The van der Waals surface area contributed by atoms with E-state index in [0.29, 0.717) is 4.47 Å². The van der Waals surface area contributed by atoms with Crippen molar-refractivity contribution in [2.75, 3.05) is 6.54 Å². The van der Waals surface area contributed by atoms with E-state index >= 15 is 0 Å². The monoisotopic (exact) mass is 315 g/mol. The van der Waals surface area contributed by atoms with Crippen molar-refractivity contribution >= 4 is 33.9 Å². The normalized spacial score (nSPS) is 10.6. The standard InChI is InChI=1S/C12H11BrFNO3/c13-9-2-3-10(14)8(7-9)1-4-11(16)15-6-5-12(17)18/h1-4,7H,5-6H2,(H,15,16)(H,17,18)/b4-1+. The van der Waals surface area contributed by atoms with Crippen molar-refractivity contribution in [2.24, 2.45) is 0 Å². The lowest BCUT2D eigenvalue weighted by Gasteiger charge is -2.00. The average molecular weight is 316 g/mol. The fourth-order valence-electron chi connectivity index (χ4n) is 1.16. The number of halogens is 2. The second-order valence-electron chi connectivity index (χ2n) is 3.43. The molecule has 0 fully saturated rings. The number of carboxylic acids is 1. The molecule has 2 N–H and O–H groups in total. The van der Waals surface area contributed by atoms with Gasteiger partial charge in [-0.3, -0.25) is 9.59 Å². The Morgan fingerprint density at radius 2 is 2.17 bits per heavy atom. The summed E-state index contributed by atoms with van der Waals surface area (Å²) in [4.78, 5) is 21.5. The molecule has 0 bridgehead atoms. The quantitative estimate of drug-likeness (QED) is 0.819. The Morgan fingerprint density at radius 1 is 1.44 bits per heavy atom. The molecule has 0 aliphatic rings. The van der Waals surface area contributed by atoms with Crippen LogP contribution in [0.3, 0.4) is 0 Å². The molecule has 0 atom stereocenters. The Balaban J connectivity index is 2.55. The highest BCUT2D eigenvalue weighted by molar-refractivity contribution is 9.10. The summed E-state index contributed by atoms with van der Waals surface area (Å²) in [6.45, 7) is 0.0411. The maximum absolute atomic E-state index is 13.3. The molecule has 0 aromatic heterocycles. The van der Waals surface area contributed by atoms with Crippen LogP contribution in [-0.2, 0) is 9.59 Å².